The van der Waals surface area contributed by atoms with Crippen molar-refractivity contribution in [3.8, 4) is 22.6 Å². The van der Waals surface area contributed by atoms with Gasteiger partial charge in [0, 0.05) is 10.4 Å². The fourth-order valence-electron chi connectivity index (χ4n) is 2.93. The molecule has 0 fully saturated rings. The van der Waals surface area contributed by atoms with Crippen molar-refractivity contribution in [3.05, 3.63) is 64.9 Å². The monoisotopic (exact) mass is 377 g/mol. The van der Waals surface area contributed by atoms with Gasteiger partial charge >= 0.3 is 6.36 Å². The molecule has 26 heavy (non-hydrogen) atoms. The molecular formula is C19H14F3NO2S. The highest BCUT2D eigenvalue weighted by Crippen LogP contribution is 2.42. The molecule has 0 saturated heterocycles. The molecule has 134 valence electrons. The average molecular weight is 377 g/mol. The molecule has 0 bridgehead atoms. The predicted molar refractivity (Wildman–Crippen MR) is 94.7 cm³/mol. The highest BCUT2D eigenvalue weighted by Gasteiger charge is 2.31. The molecule has 0 aliphatic carbocycles. The van der Waals surface area contributed by atoms with Crippen molar-refractivity contribution in [2.75, 3.05) is 11.9 Å². The summed E-state index contributed by atoms with van der Waals surface area (Å²) in [6.45, 7) is 0.448. The molecule has 0 radical (unpaired) electrons. The minimum atomic E-state index is -4.72. The molecule has 7 heteroatoms. The molecule has 1 aromatic heterocycles. The zero-order valence-electron chi connectivity index (χ0n) is 13.4. The normalized spacial score (nSPS) is 16.3. The van der Waals surface area contributed by atoms with E-state index in [0.717, 1.165) is 5.69 Å². The summed E-state index contributed by atoms with van der Waals surface area (Å²) < 4.78 is 47.4. The van der Waals surface area contributed by atoms with Gasteiger partial charge < -0.3 is 14.8 Å². The third kappa shape index (κ3) is 3.48. The van der Waals surface area contributed by atoms with Gasteiger partial charge in [0.2, 0.25) is 0 Å². The Morgan fingerprint density at radius 2 is 1.92 bits per heavy atom. The van der Waals surface area contributed by atoms with Crippen LogP contribution < -0.4 is 14.8 Å². The van der Waals surface area contributed by atoms with Crippen LogP contribution in [0.5, 0.6) is 11.5 Å². The number of hydrogen-bond acceptors (Lipinski definition) is 4. The smallest absolute Gasteiger partial charge is 0.488 e. The topological polar surface area (TPSA) is 30.5 Å². The average Bonchev–Trinajstić information content (AvgIpc) is 3.14. The maximum Gasteiger partial charge on any atom is 0.573 e. The third-order valence-electron chi connectivity index (χ3n) is 4.00. The van der Waals surface area contributed by atoms with Gasteiger partial charge in [-0.1, -0.05) is 30.3 Å². The molecular weight excluding hydrogens is 363 g/mol. The number of rotatable bonds is 3. The van der Waals surface area contributed by atoms with E-state index < -0.39 is 6.36 Å². The van der Waals surface area contributed by atoms with E-state index in [2.05, 4.69) is 10.1 Å². The molecule has 3 nitrogen and oxygen atoms in total. The molecule has 0 amide bonds. The molecule has 3 aromatic rings. The largest absolute Gasteiger partial charge is 0.573 e. The lowest BCUT2D eigenvalue weighted by Gasteiger charge is -2.28. The Bertz CT molecular complexity index is 909. The lowest BCUT2D eigenvalue weighted by atomic mass is 10.0. The molecule has 0 saturated carbocycles. The highest BCUT2D eigenvalue weighted by atomic mass is 32.1. The van der Waals surface area contributed by atoms with E-state index in [-0.39, 0.29) is 11.8 Å². The first-order valence-electron chi connectivity index (χ1n) is 7.91. The first-order valence-corrected chi connectivity index (χ1v) is 8.79. The number of nitrogens with one attached hydrogen (secondary N) is 1. The fraction of sp³-hybridized carbons (Fsp3) is 0.158. The van der Waals surface area contributed by atoms with Crippen molar-refractivity contribution in [2.45, 2.75) is 12.4 Å². The third-order valence-corrected chi connectivity index (χ3v) is 4.99. The number of anilines is 1. The number of hydrogen-bond donors (Lipinski definition) is 1. The fourth-order valence-corrected chi connectivity index (χ4v) is 3.70. The van der Waals surface area contributed by atoms with E-state index in [1.807, 2.05) is 35.7 Å². The van der Waals surface area contributed by atoms with Crippen LogP contribution in [0.3, 0.4) is 0 Å². The van der Waals surface area contributed by atoms with Crippen LogP contribution >= 0.6 is 11.3 Å². The predicted octanol–water partition coefficient (Wildman–Crippen LogP) is 5.86. The second kappa shape index (κ2) is 6.57. The van der Waals surface area contributed by atoms with Crippen molar-refractivity contribution in [1.82, 2.24) is 0 Å². The summed E-state index contributed by atoms with van der Waals surface area (Å²) in [4.78, 5) is 1.17. The van der Waals surface area contributed by atoms with Gasteiger partial charge in [0.25, 0.3) is 0 Å². The van der Waals surface area contributed by atoms with Crippen LogP contribution in [-0.2, 0) is 0 Å². The van der Waals surface area contributed by atoms with E-state index in [9.17, 15) is 13.2 Å². The lowest BCUT2D eigenvalue weighted by molar-refractivity contribution is -0.274. The molecule has 2 aromatic carbocycles. The summed E-state index contributed by atoms with van der Waals surface area (Å²) >= 11 is 1.65. The van der Waals surface area contributed by atoms with Crippen LogP contribution in [0.1, 0.15) is 10.9 Å². The maximum absolute atomic E-state index is 12.5. The number of thiophene rings is 1. The summed E-state index contributed by atoms with van der Waals surface area (Å²) in [5.41, 5.74) is 2.13. The van der Waals surface area contributed by atoms with Crippen LogP contribution in [0.25, 0.3) is 11.1 Å². The van der Waals surface area contributed by atoms with Gasteiger partial charge in [-0.15, -0.1) is 24.5 Å². The zero-order valence-corrected chi connectivity index (χ0v) is 14.2. The minimum absolute atomic E-state index is 0.0534. The molecule has 1 unspecified atom stereocenters. The molecule has 1 aliphatic heterocycles. The Balaban J connectivity index is 1.65. The molecule has 0 spiro atoms. The van der Waals surface area contributed by atoms with E-state index in [1.165, 1.54) is 23.1 Å². The zero-order chi connectivity index (χ0) is 18.1. The highest BCUT2D eigenvalue weighted by molar-refractivity contribution is 7.10. The van der Waals surface area contributed by atoms with Crippen molar-refractivity contribution >= 4 is 17.0 Å². The molecule has 2 heterocycles. The second-order valence-corrected chi connectivity index (χ2v) is 6.76. The summed E-state index contributed by atoms with van der Waals surface area (Å²) in [5, 5.41) is 5.45. The number of alkyl halides is 3. The summed E-state index contributed by atoms with van der Waals surface area (Å²) in [6, 6.07) is 15.5. The van der Waals surface area contributed by atoms with Gasteiger partial charge in [0.1, 0.15) is 18.1 Å². The van der Waals surface area contributed by atoms with E-state index >= 15 is 0 Å². The Kier molecular flexibility index (Phi) is 4.24. The Hall–Kier alpha value is -2.67. The van der Waals surface area contributed by atoms with Crippen LogP contribution in [-0.4, -0.2) is 13.0 Å². The van der Waals surface area contributed by atoms with Gasteiger partial charge in [-0.3, -0.25) is 0 Å². The Morgan fingerprint density at radius 3 is 2.69 bits per heavy atom. The van der Waals surface area contributed by atoms with E-state index in [1.54, 1.807) is 17.4 Å². The van der Waals surface area contributed by atoms with Crippen molar-refractivity contribution < 1.29 is 22.6 Å². The van der Waals surface area contributed by atoms with Gasteiger partial charge in [0.15, 0.2) is 0 Å². The van der Waals surface area contributed by atoms with Crippen LogP contribution in [0.4, 0.5) is 18.9 Å². The SMILES string of the molecule is FC(F)(F)Oc1cccc(-c2cccc3c2OCC(c2cccs2)N3)c1. The molecule has 1 aliphatic rings. The van der Waals surface area contributed by atoms with Gasteiger partial charge in [-0.25, -0.2) is 0 Å². The van der Waals surface area contributed by atoms with Crippen LogP contribution in [0.15, 0.2) is 60.0 Å². The number of para-hydroxylation sites is 1. The van der Waals surface area contributed by atoms with Crippen molar-refractivity contribution in [1.29, 1.82) is 0 Å². The van der Waals surface area contributed by atoms with Crippen molar-refractivity contribution in [3.63, 3.8) is 0 Å². The molecule has 1 atom stereocenters. The summed E-state index contributed by atoms with van der Waals surface area (Å²) in [7, 11) is 0. The lowest BCUT2D eigenvalue weighted by Crippen LogP contribution is -2.23. The number of ether oxygens (including phenoxy) is 2. The van der Waals surface area contributed by atoms with E-state index in [4.69, 9.17) is 4.74 Å². The van der Waals surface area contributed by atoms with Crippen LogP contribution in [0.2, 0.25) is 0 Å². The number of fused-ring (bicyclic) bond motifs is 1. The summed E-state index contributed by atoms with van der Waals surface area (Å²) in [6.07, 6.45) is -4.72. The van der Waals surface area contributed by atoms with Crippen molar-refractivity contribution in [2.24, 2.45) is 0 Å². The molecule has 1 N–H and O–H groups in total. The van der Waals surface area contributed by atoms with E-state index in [0.29, 0.717) is 23.5 Å². The number of halogens is 3. The van der Waals surface area contributed by atoms with Gasteiger partial charge in [-0.2, -0.15) is 0 Å². The Morgan fingerprint density at radius 1 is 1.08 bits per heavy atom. The molecule has 4 rings (SSSR count). The Labute approximate surface area is 152 Å². The standard InChI is InChI=1S/C19H14F3NO2S/c20-19(21,22)25-13-5-1-4-12(10-13)14-6-2-7-15-18(14)24-11-16(23-15)17-8-3-9-26-17/h1-10,16,23H,11H2. The number of benzene rings is 2. The first-order chi connectivity index (χ1) is 12.5. The van der Waals surface area contributed by atoms with Gasteiger partial charge in [0.05, 0.1) is 11.7 Å². The second-order valence-electron chi connectivity index (χ2n) is 5.78. The summed E-state index contributed by atoms with van der Waals surface area (Å²) in [5.74, 6) is 0.372. The van der Waals surface area contributed by atoms with Gasteiger partial charge in [-0.05, 0) is 35.2 Å². The van der Waals surface area contributed by atoms with Crippen LogP contribution in [0, 0.1) is 0 Å². The minimum Gasteiger partial charge on any atom is -0.488 e. The quantitative estimate of drug-likeness (QED) is 0.620. The first kappa shape index (κ1) is 16.8. The maximum atomic E-state index is 12.5.